The molecular weight excluding hydrogens is 458 g/mol. The lowest BCUT2D eigenvalue weighted by atomic mass is 10.2. The van der Waals surface area contributed by atoms with E-state index in [1.54, 1.807) is 60.7 Å². The monoisotopic (exact) mass is 479 g/mol. The van der Waals surface area contributed by atoms with Crippen LogP contribution in [0.2, 0.25) is 0 Å². The van der Waals surface area contributed by atoms with Crippen LogP contribution in [0.1, 0.15) is 12.0 Å². The number of thioether (sulfide) groups is 1. The van der Waals surface area contributed by atoms with Crippen LogP contribution in [0.3, 0.4) is 0 Å². The van der Waals surface area contributed by atoms with Crippen LogP contribution in [0.5, 0.6) is 0 Å². The fourth-order valence-corrected chi connectivity index (χ4v) is 5.60. The maximum absolute atomic E-state index is 13.2. The summed E-state index contributed by atoms with van der Waals surface area (Å²) in [7, 11) is -4.04. The molecule has 2 amide bonds. The number of amides is 2. The van der Waals surface area contributed by atoms with Crippen molar-refractivity contribution in [2.75, 3.05) is 10.2 Å². The average Bonchev–Trinajstić information content (AvgIpc) is 3.10. The first-order valence-electron chi connectivity index (χ1n) is 10.2. The fourth-order valence-electron chi connectivity index (χ4n) is 3.24. The lowest BCUT2D eigenvalue weighted by Gasteiger charge is -2.16. The van der Waals surface area contributed by atoms with Crippen molar-refractivity contribution in [3.63, 3.8) is 0 Å². The van der Waals surface area contributed by atoms with Crippen molar-refractivity contribution in [1.82, 2.24) is 0 Å². The van der Waals surface area contributed by atoms with Gasteiger partial charge in [0, 0.05) is 12.1 Å². The molecular formula is C24H21N3O4S2. The van der Waals surface area contributed by atoms with Gasteiger partial charge < -0.3 is 5.32 Å². The number of amidine groups is 1. The summed E-state index contributed by atoms with van der Waals surface area (Å²) in [6.45, 7) is 1.95. The van der Waals surface area contributed by atoms with E-state index in [9.17, 15) is 18.0 Å². The summed E-state index contributed by atoms with van der Waals surface area (Å²) in [6, 6.07) is 23.8. The van der Waals surface area contributed by atoms with Gasteiger partial charge >= 0.3 is 0 Å². The summed E-state index contributed by atoms with van der Waals surface area (Å²) in [5.74, 6) is -0.739. The number of para-hydroxylation sites is 1. The molecule has 7 nitrogen and oxygen atoms in total. The van der Waals surface area contributed by atoms with E-state index in [-0.39, 0.29) is 22.4 Å². The standard InChI is InChI=1S/C24H21N3O4S2/c1-17-12-14-18(15-13-17)25-22(28)16-21-23(29)27(19-8-4-2-5-9-19)24(32-21)26-33(30,31)20-10-6-3-7-11-20/h2-15,21H,16H2,1H3,(H,25,28)/b26-24-. The zero-order chi connectivity index (χ0) is 23.4. The number of benzene rings is 3. The molecule has 0 aromatic heterocycles. The van der Waals surface area contributed by atoms with Crippen molar-refractivity contribution >= 4 is 50.1 Å². The Balaban J connectivity index is 1.61. The highest BCUT2D eigenvalue weighted by Crippen LogP contribution is 2.35. The van der Waals surface area contributed by atoms with Crippen molar-refractivity contribution in [3.8, 4) is 0 Å². The topological polar surface area (TPSA) is 95.9 Å². The van der Waals surface area contributed by atoms with E-state index in [1.165, 1.54) is 17.0 Å². The number of carbonyl (C=O) groups excluding carboxylic acids is 2. The van der Waals surface area contributed by atoms with E-state index in [4.69, 9.17) is 0 Å². The molecule has 3 aromatic rings. The minimum absolute atomic E-state index is 0.0168. The highest BCUT2D eigenvalue weighted by Gasteiger charge is 2.41. The average molecular weight is 480 g/mol. The molecule has 0 radical (unpaired) electrons. The Morgan fingerprint density at radius 2 is 1.58 bits per heavy atom. The highest BCUT2D eigenvalue weighted by molar-refractivity contribution is 8.16. The molecule has 1 N–H and O–H groups in total. The molecule has 0 aliphatic carbocycles. The van der Waals surface area contributed by atoms with E-state index in [0.29, 0.717) is 11.4 Å². The normalized spacial score (nSPS) is 17.4. The van der Waals surface area contributed by atoms with E-state index in [0.717, 1.165) is 17.3 Å². The number of rotatable bonds is 6. The Bertz CT molecular complexity index is 1290. The molecule has 1 heterocycles. The molecule has 1 atom stereocenters. The molecule has 1 unspecified atom stereocenters. The molecule has 0 bridgehead atoms. The molecule has 9 heteroatoms. The summed E-state index contributed by atoms with van der Waals surface area (Å²) in [5.41, 5.74) is 2.17. The Kier molecular flexibility index (Phi) is 6.62. The molecule has 168 valence electrons. The Morgan fingerprint density at radius 3 is 2.21 bits per heavy atom. The third kappa shape index (κ3) is 5.32. The SMILES string of the molecule is Cc1ccc(NC(=O)CC2S/C(=N\S(=O)(=O)c3ccccc3)N(c3ccccc3)C2=O)cc1. The zero-order valence-electron chi connectivity index (χ0n) is 17.7. The molecule has 0 saturated carbocycles. The molecule has 33 heavy (non-hydrogen) atoms. The number of aryl methyl sites for hydroxylation is 1. The second-order valence-electron chi connectivity index (χ2n) is 7.40. The van der Waals surface area contributed by atoms with Gasteiger partial charge in [-0.25, -0.2) is 0 Å². The Hall–Kier alpha value is -3.43. The number of nitrogens with one attached hydrogen (secondary N) is 1. The van der Waals surface area contributed by atoms with Crippen molar-refractivity contribution in [3.05, 3.63) is 90.5 Å². The molecule has 1 aliphatic heterocycles. The van der Waals surface area contributed by atoms with Crippen molar-refractivity contribution in [1.29, 1.82) is 0 Å². The van der Waals surface area contributed by atoms with Crippen LogP contribution < -0.4 is 10.2 Å². The van der Waals surface area contributed by atoms with Gasteiger partial charge in [0.2, 0.25) is 11.8 Å². The minimum atomic E-state index is -4.04. The number of nitrogens with zero attached hydrogens (tertiary/aromatic N) is 2. The molecule has 3 aromatic carbocycles. The molecule has 4 rings (SSSR count). The highest BCUT2D eigenvalue weighted by atomic mass is 32.2. The summed E-state index contributed by atoms with van der Waals surface area (Å²) >= 11 is 0.971. The van der Waals surface area contributed by atoms with Gasteiger partial charge in [-0.2, -0.15) is 8.42 Å². The van der Waals surface area contributed by atoms with Crippen molar-refractivity contribution in [2.24, 2.45) is 4.40 Å². The smallest absolute Gasteiger partial charge is 0.284 e. The van der Waals surface area contributed by atoms with Crippen LogP contribution in [0.25, 0.3) is 0 Å². The molecule has 1 aliphatic rings. The van der Waals surface area contributed by atoms with E-state index in [2.05, 4.69) is 9.71 Å². The minimum Gasteiger partial charge on any atom is -0.326 e. The Morgan fingerprint density at radius 1 is 0.970 bits per heavy atom. The summed E-state index contributed by atoms with van der Waals surface area (Å²) < 4.78 is 29.7. The van der Waals surface area contributed by atoms with Gasteiger partial charge in [-0.1, -0.05) is 65.9 Å². The van der Waals surface area contributed by atoms with Crippen LogP contribution >= 0.6 is 11.8 Å². The lowest BCUT2D eigenvalue weighted by Crippen LogP contribution is -2.33. The van der Waals surface area contributed by atoms with Crippen molar-refractivity contribution < 1.29 is 18.0 Å². The summed E-state index contributed by atoms with van der Waals surface area (Å²) in [6.07, 6.45) is -0.120. The van der Waals surface area contributed by atoms with Gasteiger partial charge in [0.05, 0.1) is 10.6 Å². The van der Waals surface area contributed by atoms with Crippen LogP contribution in [-0.4, -0.2) is 30.6 Å². The number of hydrogen-bond acceptors (Lipinski definition) is 5. The molecule has 0 spiro atoms. The lowest BCUT2D eigenvalue weighted by molar-refractivity contribution is -0.121. The largest absolute Gasteiger partial charge is 0.326 e. The number of hydrogen-bond donors (Lipinski definition) is 1. The van der Waals surface area contributed by atoms with Crippen LogP contribution in [-0.2, 0) is 19.6 Å². The molecule has 1 saturated heterocycles. The van der Waals surface area contributed by atoms with Crippen LogP contribution in [0.4, 0.5) is 11.4 Å². The zero-order valence-corrected chi connectivity index (χ0v) is 19.3. The van der Waals surface area contributed by atoms with Gasteiger partial charge in [0.1, 0.15) is 5.25 Å². The Labute approximate surface area is 196 Å². The number of carbonyl (C=O) groups is 2. The van der Waals surface area contributed by atoms with Gasteiger partial charge in [-0.15, -0.1) is 4.40 Å². The maximum Gasteiger partial charge on any atom is 0.284 e. The van der Waals surface area contributed by atoms with Gasteiger partial charge in [0.25, 0.3) is 10.0 Å². The number of sulfonamides is 1. The predicted molar refractivity (Wildman–Crippen MR) is 131 cm³/mol. The first kappa shape index (κ1) is 22.8. The summed E-state index contributed by atoms with van der Waals surface area (Å²) in [5, 5.41) is 1.99. The predicted octanol–water partition coefficient (Wildman–Crippen LogP) is 4.22. The van der Waals surface area contributed by atoms with Crippen molar-refractivity contribution in [2.45, 2.75) is 23.5 Å². The first-order chi connectivity index (χ1) is 15.8. The molecule has 1 fully saturated rings. The fraction of sp³-hybridized carbons (Fsp3) is 0.125. The second-order valence-corrected chi connectivity index (χ2v) is 10.2. The second kappa shape index (κ2) is 9.60. The number of anilines is 2. The van der Waals surface area contributed by atoms with E-state index in [1.807, 2.05) is 19.1 Å². The van der Waals surface area contributed by atoms with Gasteiger partial charge in [0.15, 0.2) is 5.17 Å². The third-order valence-corrected chi connectivity index (χ3v) is 7.43. The first-order valence-corrected chi connectivity index (χ1v) is 12.5. The third-order valence-electron chi connectivity index (χ3n) is 4.89. The van der Waals surface area contributed by atoms with Gasteiger partial charge in [-0.05, 0) is 43.3 Å². The van der Waals surface area contributed by atoms with E-state index < -0.39 is 21.2 Å². The van der Waals surface area contributed by atoms with Crippen LogP contribution in [0, 0.1) is 6.92 Å². The quantitative estimate of drug-likeness (QED) is 0.571. The maximum atomic E-state index is 13.2. The van der Waals surface area contributed by atoms with Gasteiger partial charge in [-0.3, -0.25) is 14.5 Å². The van der Waals surface area contributed by atoms with Crippen LogP contribution in [0.15, 0.2) is 94.2 Å². The summed E-state index contributed by atoms with van der Waals surface area (Å²) in [4.78, 5) is 27.1. The van der Waals surface area contributed by atoms with E-state index >= 15 is 0 Å².